The van der Waals surface area contributed by atoms with Crippen molar-refractivity contribution in [1.82, 2.24) is 25.3 Å². The molecule has 1 aliphatic carbocycles. The first-order chi connectivity index (χ1) is 16.8. The van der Waals surface area contributed by atoms with E-state index in [1.807, 2.05) is 54.6 Å². The number of allylic oxidation sites excluding steroid dienone is 1. The summed E-state index contributed by atoms with van der Waals surface area (Å²) in [5, 5.41) is 7.21. The molecule has 1 aromatic carbocycles. The van der Waals surface area contributed by atoms with Gasteiger partial charge in [-0.2, -0.15) is 0 Å². The van der Waals surface area contributed by atoms with Crippen LogP contribution in [0.15, 0.2) is 78.6 Å². The van der Waals surface area contributed by atoms with E-state index in [1.165, 1.54) is 31.3 Å². The molecule has 3 heterocycles. The first kappa shape index (κ1) is 22.1. The summed E-state index contributed by atoms with van der Waals surface area (Å²) in [5.74, 6) is 0. The standard InChI is InChI=1S/C27H26N6S/c34-27(30-17-14-19-8-2-1-3-9-19)31-20-12-13-21-24(18-20)33-26(23-11-5-7-16-29-23)25(32-21)22-10-4-6-15-28-22/h4-8,10-13,15-16,18H,1-3,9,14,17H2,(H2,30,31,34). The van der Waals surface area contributed by atoms with E-state index in [9.17, 15) is 0 Å². The van der Waals surface area contributed by atoms with Crippen LogP contribution in [0.3, 0.4) is 0 Å². The Kier molecular flexibility index (Phi) is 6.81. The van der Waals surface area contributed by atoms with Crippen LogP contribution in [0.4, 0.5) is 5.69 Å². The molecule has 2 N–H and O–H groups in total. The molecule has 34 heavy (non-hydrogen) atoms. The quantitative estimate of drug-likeness (QED) is 0.269. The number of hydrogen-bond acceptors (Lipinski definition) is 5. The van der Waals surface area contributed by atoms with Crippen molar-refractivity contribution in [2.75, 3.05) is 11.9 Å². The lowest BCUT2D eigenvalue weighted by molar-refractivity contribution is 0.669. The Hall–Kier alpha value is -3.71. The van der Waals surface area contributed by atoms with Crippen LogP contribution in [0.2, 0.25) is 0 Å². The Balaban J connectivity index is 1.38. The number of rotatable bonds is 6. The van der Waals surface area contributed by atoms with E-state index in [0.29, 0.717) is 16.5 Å². The van der Waals surface area contributed by atoms with E-state index in [0.717, 1.165) is 41.1 Å². The van der Waals surface area contributed by atoms with Crippen LogP contribution < -0.4 is 10.6 Å². The first-order valence-corrected chi connectivity index (χ1v) is 12.0. The van der Waals surface area contributed by atoms with E-state index < -0.39 is 0 Å². The van der Waals surface area contributed by atoms with Crippen molar-refractivity contribution in [1.29, 1.82) is 0 Å². The Labute approximate surface area is 204 Å². The van der Waals surface area contributed by atoms with Gasteiger partial charge in [0.25, 0.3) is 0 Å². The highest BCUT2D eigenvalue weighted by Crippen LogP contribution is 2.29. The highest BCUT2D eigenvalue weighted by molar-refractivity contribution is 7.80. The maximum atomic E-state index is 5.52. The van der Waals surface area contributed by atoms with Crippen LogP contribution in [0, 0.1) is 0 Å². The lowest BCUT2D eigenvalue weighted by atomic mass is 9.97. The second kappa shape index (κ2) is 10.5. The molecule has 170 valence electrons. The monoisotopic (exact) mass is 466 g/mol. The normalized spacial score (nSPS) is 13.4. The molecule has 6 nitrogen and oxygen atoms in total. The van der Waals surface area contributed by atoms with Gasteiger partial charge in [0.1, 0.15) is 11.4 Å². The summed E-state index contributed by atoms with van der Waals surface area (Å²) in [5.41, 5.74) is 6.88. The second-order valence-corrected chi connectivity index (χ2v) is 8.70. The molecule has 0 bridgehead atoms. The molecule has 0 aliphatic heterocycles. The molecule has 0 spiro atoms. The third kappa shape index (κ3) is 5.26. The minimum absolute atomic E-state index is 0.610. The predicted molar refractivity (Wildman–Crippen MR) is 141 cm³/mol. The van der Waals surface area contributed by atoms with Crippen molar-refractivity contribution in [2.24, 2.45) is 0 Å². The van der Waals surface area contributed by atoms with Crippen LogP contribution >= 0.6 is 12.2 Å². The van der Waals surface area contributed by atoms with Crippen molar-refractivity contribution in [3.63, 3.8) is 0 Å². The number of anilines is 1. The summed E-state index contributed by atoms with van der Waals surface area (Å²) in [4.78, 5) is 18.8. The molecule has 1 aliphatic rings. The first-order valence-electron chi connectivity index (χ1n) is 11.6. The molecule has 0 fully saturated rings. The number of pyridine rings is 2. The van der Waals surface area contributed by atoms with Gasteiger partial charge in [-0.25, -0.2) is 9.97 Å². The van der Waals surface area contributed by atoms with Crippen LogP contribution in [0.5, 0.6) is 0 Å². The van der Waals surface area contributed by atoms with Crippen molar-refractivity contribution >= 4 is 34.1 Å². The maximum Gasteiger partial charge on any atom is 0.170 e. The summed E-state index contributed by atoms with van der Waals surface area (Å²) in [6.45, 7) is 0.836. The highest BCUT2D eigenvalue weighted by atomic mass is 32.1. The number of fused-ring (bicyclic) bond motifs is 1. The predicted octanol–water partition coefficient (Wildman–Crippen LogP) is 5.93. The van der Waals surface area contributed by atoms with Gasteiger partial charge in [-0.1, -0.05) is 23.8 Å². The van der Waals surface area contributed by atoms with Crippen molar-refractivity contribution < 1.29 is 0 Å². The summed E-state index contributed by atoms with van der Waals surface area (Å²) < 4.78 is 0. The average Bonchev–Trinajstić information content (AvgIpc) is 2.89. The number of thiocarbonyl (C=S) groups is 1. The molecule has 0 amide bonds. The van der Waals surface area contributed by atoms with Crippen LogP contribution in [-0.4, -0.2) is 31.6 Å². The smallest absolute Gasteiger partial charge is 0.170 e. The zero-order chi connectivity index (χ0) is 23.2. The molecule has 0 saturated heterocycles. The zero-order valence-electron chi connectivity index (χ0n) is 18.9. The van der Waals surface area contributed by atoms with E-state index in [4.69, 9.17) is 22.2 Å². The molecule has 3 aromatic heterocycles. The van der Waals surface area contributed by atoms with E-state index in [-0.39, 0.29) is 0 Å². The molecular formula is C27H26N6S. The van der Waals surface area contributed by atoms with Gasteiger partial charge in [-0.05, 0) is 86.8 Å². The van der Waals surface area contributed by atoms with Crippen LogP contribution in [0.25, 0.3) is 33.8 Å². The fourth-order valence-corrected chi connectivity index (χ4v) is 4.36. The Morgan fingerprint density at radius 1 is 0.853 bits per heavy atom. The number of nitrogens with zero attached hydrogens (tertiary/aromatic N) is 4. The molecule has 4 aromatic rings. The fourth-order valence-electron chi connectivity index (χ4n) is 4.14. The second-order valence-electron chi connectivity index (χ2n) is 8.29. The Bertz CT molecular complexity index is 1320. The lowest BCUT2D eigenvalue weighted by Crippen LogP contribution is -2.29. The van der Waals surface area contributed by atoms with Crippen molar-refractivity contribution in [2.45, 2.75) is 32.1 Å². The van der Waals surface area contributed by atoms with Gasteiger partial charge < -0.3 is 10.6 Å². The van der Waals surface area contributed by atoms with Gasteiger partial charge in [-0.15, -0.1) is 0 Å². The van der Waals surface area contributed by atoms with Crippen molar-refractivity contribution in [3.8, 4) is 22.8 Å². The minimum atomic E-state index is 0.610. The van der Waals surface area contributed by atoms with Crippen LogP contribution in [0.1, 0.15) is 32.1 Å². The van der Waals surface area contributed by atoms with Gasteiger partial charge >= 0.3 is 0 Å². The van der Waals surface area contributed by atoms with Crippen LogP contribution in [-0.2, 0) is 0 Å². The summed E-state index contributed by atoms with van der Waals surface area (Å²) in [7, 11) is 0. The molecule has 0 atom stereocenters. The highest BCUT2D eigenvalue weighted by Gasteiger charge is 2.15. The summed E-state index contributed by atoms with van der Waals surface area (Å²) in [6.07, 6.45) is 12.0. The van der Waals surface area contributed by atoms with E-state index in [2.05, 4.69) is 26.7 Å². The molecule has 5 rings (SSSR count). The third-order valence-corrected chi connectivity index (χ3v) is 6.10. The van der Waals surface area contributed by atoms with Crippen molar-refractivity contribution in [3.05, 3.63) is 78.6 Å². The average molecular weight is 467 g/mol. The molecular weight excluding hydrogens is 440 g/mol. The lowest BCUT2D eigenvalue weighted by Gasteiger charge is -2.15. The molecule has 0 saturated carbocycles. The van der Waals surface area contributed by atoms with Gasteiger partial charge in [-0.3, -0.25) is 9.97 Å². The number of aromatic nitrogens is 4. The summed E-state index contributed by atoms with van der Waals surface area (Å²) in [6, 6.07) is 17.4. The van der Waals surface area contributed by atoms with Gasteiger partial charge in [0.15, 0.2) is 5.11 Å². The molecule has 7 heteroatoms. The number of nitrogens with one attached hydrogen (secondary N) is 2. The largest absolute Gasteiger partial charge is 0.362 e. The topological polar surface area (TPSA) is 75.6 Å². The van der Waals surface area contributed by atoms with Gasteiger partial charge in [0.2, 0.25) is 0 Å². The minimum Gasteiger partial charge on any atom is -0.362 e. The number of benzene rings is 1. The zero-order valence-corrected chi connectivity index (χ0v) is 19.7. The number of hydrogen-bond donors (Lipinski definition) is 2. The van der Waals surface area contributed by atoms with Gasteiger partial charge in [0.05, 0.1) is 22.4 Å². The van der Waals surface area contributed by atoms with E-state index in [1.54, 1.807) is 12.4 Å². The third-order valence-electron chi connectivity index (χ3n) is 5.85. The Morgan fingerprint density at radius 3 is 2.24 bits per heavy atom. The SMILES string of the molecule is S=C(NCCC1=CCCCC1)Nc1ccc2nc(-c3ccccn3)c(-c3ccccn3)nc2c1. The molecule has 0 unspecified atom stereocenters. The van der Waals surface area contributed by atoms with E-state index >= 15 is 0 Å². The fraction of sp³-hybridized carbons (Fsp3) is 0.222. The Morgan fingerprint density at radius 2 is 1.59 bits per heavy atom. The maximum absolute atomic E-state index is 5.52. The molecule has 0 radical (unpaired) electrons. The van der Waals surface area contributed by atoms with Gasteiger partial charge in [0, 0.05) is 24.6 Å². The summed E-state index contributed by atoms with van der Waals surface area (Å²) >= 11 is 5.52.